The van der Waals surface area contributed by atoms with Crippen LogP contribution in [-0.2, 0) is 0 Å². The summed E-state index contributed by atoms with van der Waals surface area (Å²) in [6.45, 7) is 0. The van der Waals surface area contributed by atoms with Gasteiger partial charge in [0.2, 0.25) is 0 Å². The predicted molar refractivity (Wildman–Crippen MR) is 86.9 cm³/mol. The van der Waals surface area contributed by atoms with Gasteiger partial charge in [-0.1, -0.05) is 0 Å². The van der Waals surface area contributed by atoms with Gasteiger partial charge in [0.05, 0.1) is 21.3 Å². The molecule has 0 fully saturated rings. The zero-order valence-corrected chi connectivity index (χ0v) is 13.0. The van der Waals surface area contributed by atoms with E-state index in [1.807, 2.05) is 24.3 Å². The van der Waals surface area contributed by atoms with Gasteiger partial charge in [0.1, 0.15) is 17.2 Å². The first-order valence-corrected chi connectivity index (χ1v) is 7.37. The zero-order valence-electron chi connectivity index (χ0n) is 12.2. The molecule has 2 aromatic carbocycles. The highest BCUT2D eigenvalue weighted by atomic mass is 32.1. The van der Waals surface area contributed by atoms with Crippen LogP contribution in [0.2, 0.25) is 0 Å². The molecule has 0 amide bonds. The van der Waals surface area contributed by atoms with Crippen molar-refractivity contribution in [1.82, 2.24) is 0 Å². The Bertz CT molecular complexity index is 760. The normalized spacial score (nSPS) is 10.6. The molecule has 0 saturated heterocycles. The quantitative estimate of drug-likeness (QED) is 0.705. The molecule has 4 heteroatoms. The van der Waals surface area contributed by atoms with Crippen LogP contribution in [0.3, 0.4) is 0 Å². The summed E-state index contributed by atoms with van der Waals surface area (Å²) in [5, 5.41) is 1.11. The van der Waals surface area contributed by atoms with Crippen LogP contribution in [-0.4, -0.2) is 21.3 Å². The van der Waals surface area contributed by atoms with E-state index in [0.29, 0.717) is 0 Å². The molecule has 0 spiro atoms. The van der Waals surface area contributed by atoms with Crippen molar-refractivity contribution in [1.29, 1.82) is 0 Å². The lowest BCUT2D eigenvalue weighted by molar-refractivity contribution is 0.398. The van der Waals surface area contributed by atoms with Gasteiger partial charge in [0.15, 0.2) is 0 Å². The molecule has 3 rings (SSSR count). The number of methoxy groups -OCH3 is 3. The molecule has 0 saturated carbocycles. The van der Waals surface area contributed by atoms with Crippen LogP contribution in [0.25, 0.3) is 20.5 Å². The summed E-state index contributed by atoms with van der Waals surface area (Å²) in [6, 6.07) is 14.2. The molecule has 1 heterocycles. The summed E-state index contributed by atoms with van der Waals surface area (Å²) >= 11 is 1.72. The van der Waals surface area contributed by atoms with E-state index in [2.05, 4.69) is 18.2 Å². The molecule has 0 aliphatic carbocycles. The van der Waals surface area contributed by atoms with E-state index >= 15 is 0 Å². The third kappa shape index (κ3) is 2.54. The molecule has 0 unspecified atom stereocenters. The van der Waals surface area contributed by atoms with E-state index < -0.39 is 0 Å². The second-order valence-electron chi connectivity index (χ2n) is 4.58. The Kier molecular flexibility index (Phi) is 3.71. The van der Waals surface area contributed by atoms with Gasteiger partial charge in [0, 0.05) is 21.0 Å². The van der Waals surface area contributed by atoms with Gasteiger partial charge < -0.3 is 14.2 Å². The third-order valence-corrected chi connectivity index (χ3v) is 4.53. The number of benzene rings is 2. The Morgan fingerprint density at radius 3 is 2.10 bits per heavy atom. The number of hydrogen-bond acceptors (Lipinski definition) is 4. The van der Waals surface area contributed by atoms with Crippen molar-refractivity contribution in [2.24, 2.45) is 0 Å². The topological polar surface area (TPSA) is 27.7 Å². The van der Waals surface area contributed by atoms with Crippen molar-refractivity contribution in [3.8, 4) is 27.7 Å². The van der Waals surface area contributed by atoms with Crippen molar-refractivity contribution in [3.05, 3.63) is 42.5 Å². The molecule has 3 nitrogen and oxygen atoms in total. The molecular formula is C17H16O3S. The van der Waals surface area contributed by atoms with Crippen molar-refractivity contribution in [2.75, 3.05) is 21.3 Å². The average molecular weight is 300 g/mol. The highest BCUT2D eigenvalue weighted by molar-refractivity contribution is 7.22. The highest BCUT2D eigenvalue weighted by Crippen LogP contribution is 2.40. The summed E-state index contributed by atoms with van der Waals surface area (Å²) in [6.07, 6.45) is 0. The number of ether oxygens (including phenoxy) is 3. The number of hydrogen-bond donors (Lipinski definition) is 0. The summed E-state index contributed by atoms with van der Waals surface area (Å²) in [7, 11) is 5.02. The van der Waals surface area contributed by atoms with Crippen LogP contribution in [0.1, 0.15) is 0 Å². The second-order valence-corrected chi connectivity index (χ2v) is 5.66. The zero-order chi connectivity index (χ0) is 14.8. The largest absolute Gasteiger partial charge is 0.497 e. The minimum Gasteiger partial charge on any atom is -0.497 e. The van der Waals surface area contributed by atoms with Gasteiger partial charge in [-0.25, -0.2) is 0 Å². The fraction of sp³-hybridized carbons (Fsp3) is 0.176. The Morgan fingerprint density at radius 2 is 1.48 bits per heavy atom. The summed E-state index contributed by atoms with van der Waals surface area (Å²) < 4.78 is 17.1. The van der Waals surface area contributed by atoms with Crippen LogP contribution in [0, 0.1) is 0 Å². The molecule has 0 aliphatic rings. The smallest absolute Gasteiger partial charge is 0.131 e. The lowest BCUT2D eigenvalue weighted by Crippen LogP contribution is -1.86. The lowest BCUT2D eigenvalue weighted by Gasteiger charge is -2.04. The lowest BCUT2D eigenvalue weighted by atomic mass is 10.1. The first kappa shape index (κ1) is 13.8. The van der Waals surface area contributed by atoms with E-state index in [1.54, 1.807) is 32.7 Å². The maximum atomic E-state index is 5.46. The van der Waals surface area contributed by atoms with Gasteiger partial charge in [-0.05, 0) is 42.0 Å². The van der Waals surface area contributed by atoms with Crippen molar-refractivity contribution >= 4 is 21.4 Å². The van der Waals surface area contributed by atoms with Crippen molar-refractivity contribution in [3.63, 3.8) is 0 Å². The van der Waals surface area contributed by atoms with Crippen LogP contribution in [0.4, 0.5) is 0 Å². The van der Waals surface area contributed by atoms with E-state index in [9.17, 15) is 0 Å². The minimum absolute atomic E-state index is 0.808. The van der Waals surface area contributed by atoms with Gasteiger partial charge >= 0.3 is 0 Å². The van der Waals surface area contributed by atoms with E-state index in [4.69, 9.17) is 14.2 Å². The monoisotopic (exact) mass is 300 g/mol. The maximum absolute atomic E-state index is 5.46. The maximum Gasteiger partial charge on any atom is 0.131 e. The molecule has 0 radical (unpaired) electrons. The van der Waals surface area contributed by atoms with Crippen molar-refractivity contribution < 1.29 is 14.2 Å². The van der Waals surface area contributed by atoms with Gasteiger partial charge in [-0.2, -0.15) is 0 Å². The van der Waals surface area contributed by atoms with E-state index in [1.165, 1.54) is 4.88 Å². The summed E-state index contributed by atoms with van der Waals surface area (Å²) in [5.74, 6) is 2.50. The first-order valence-electron chi connectivity index (χ1n) is 6.55. The fourth-order valence-corrected chi connectivity index (χ4v) is 3.38. The Hall–Kier alpha value is -2.20. The molecule has 1 aromatic heterocycles. The van der Waals surface area contributed by atoms with Crippen LogP contribution in [0.5, 0.6) is 17.2 Å². The third-order valence-electron chi connectivity index (χ3n) is 3.40. The SMILES string of the molecule is COc1ccc(-c2cc3c(OC)cc(OC)cc3s2)cc1. The number of thiophene rings is 1. The highest BCUT2D eigenvalue weighted by Gasteiger charge is 2.11. The molecule has 21 heavy (non-hydrogen) atoms. The summed E-state index contributed by atoms with van der Waals surface area (Å²) in [4.78, 5) is 1.19. The Balaban J connectivity index is 2.11. The number of rotatable bonds is 4. The van der Waals surface area contributed by atoms with Gasteiger partial charge in [-0.3, -0.25) is 0 Å². The first-order chi connectivity index (χ1) is 10.2. The van der Waals surface area contributed by atoms with E-state index in [0.717, 1.165) is 32.9 Å². The number of fused-ring (bicyclic) bond motifs is 1. The van der Waals surface area contributed by atoms with Crippen LogP contribution in [0.15, 0.2) is 42.5 Å². The molecule has 108 valence electrons. The predicted octanol–water partition coefficient (Wildman–Crippen LogP) is 4.59. The molecular weight excluding hydrogens is 284 g/mol. The Labute approximate surface area is 127 Å². The van der Waals surface area contributed by atoms with Crippen LogP contribution < -0.4 is 14.2 Å². The van der Waals surface area contributed by atoms with Crippen molar-refractivity contribution in [2.45, 2.75) is 0 Å². The molecule has 0 atom stereocenters. The van der Waals surface area contributed by atoms with Gasteiger partial charge in [-0.15, -0.1) is 11.3 Å². The fourth-order valence-electron chi connectivity index (χ4n) is 2.27. The second kappa shape index (κ2) is 5.66. The van der Waals surface area contributed by atoms with Crippen LogP contribution >= 0.6 is 11.3 Å². The molecule has 0 N–H and O–H groups in total. The molecule has 0 bridgehead atoms. The summed E-state index contributed by atoms with van der Waals surface area (Å²) in [5.41, 5.74) is 1.16. The molecule has 3 aromatic rings. The Morgan fingerprint density at radius 1 is 0.762 bits per heavy atom. The average Bonchev–Trinajstić information content (AvgIpc) is 2.97. The standard InChI is InChI=1S/C17H16O3S/c1-18-12-6-4-11(5-7-12)16-10-14-15(20-3)8-13(19-2)9-17(14)21-16/h4-10H,1-3H3. The van der Waals surface area contributed by atoms with Gasteiger partial charge in [0.25, 0.3) is 0 Å². The van der Waals surface area contributed by atoms with E-state index in [-0.39, 0.29) is 0 Å². The minimum atomic E-state index is 0.808. The molecule has 0 aliphatic heterocycles.